The maximum Gasteiger partial charge on any atom is 0.410 e. The number of aryl methyl sites for hydroxylation is 1. The number of hydrogen-bond donors (Lipinski definition) is 1. The first-order valence-corrected chi connectivity index (χ1v) is 13.0. The van der Waals surface area contributed by atoms with Crippen molar-refractivity contribution in [2.75, 3.05) is 36.4 Å². The van der Waals surface area contributed by atoms with E-state index in [0.29, 0.717) is 37.6 Å². The molecule has 0 radical (unpaired) electrons. The van der Waals surface area contributed by atoms with Gasteiger partial charge in [-0.15, -0.1) is 5.10 Å². The van der Waals surface area contributed by atoms with Crippen LogP contribution in [0.4, 0.5) is 16.4 Å². The first-order chi connectivity index (χ1) is 18.9. The van der Waals surface area contributed by atoms with Crippen molar-refractivity contribution in [3.63, 3.8) is 0 Å². The van der Waals surface area contributed by atoms with Gasteiger partial charge in [0.15, 0.2) is 5.82 Å². The summed E-state index contributed by atoms with van der Waals surface area (Å²) in [5.41, 5.74) is 4.42. The quantitative estimate of drug-likeness (QED) is 0.371. The zero-order valence-corrected chi connectivity index (χ0v) is 22.4. The van der Waals surface area contributed by atoms with Crippen molar-refractivity contribution >= 4 is 28.5 Å². The molecule has 3 heterocycles. The van der Waals surface area contributed by atoms with Crippen molar-refractivity contribution in [1.82, 2.24) is 20.1 Å². The first-order valence-electron chi connectivity index (χ1n) is 13.0. The molecule has 2 aromatic heterocycles. The normalized spacial score (nSPS) is 14.1. The summed E-state index contributed by atoms with van der Waals surface area (Å²) in [6, 6.07) is 19.6. The van der Waals surface area contributed by atoms with E-state index in [0.717, 1.165) is 39.0 Å². The Morgan fingerprint density at radius 1 is 1.05 bits per heavy atom. The molecule has 4 aromatic rings. The fourth-order valence-electron chi connectivity index (χ4n) is 4.90. The summed E-state index contributed by atoms with van der Waals surface area (Å²) in [5.74, 6) is 1.49. The number of nitrogens with zero attached hydrogens (tertiary/aromatic N) is 6. The van der Waals surface area contributed by atoms with Crippen LogP contribution < -0.4 is 10.2 Å². The Labute approximate surface area is 228 Å². The Morgan fingerprint density at radius 2 is 1.82 bits per heavy atom. The lowest BCUT2D eigenvalue weighted by Gasteiger charge is -2.35. The number of nitriles is 1. The maximum atomic E-state index is 12.6. The molecule has 2 aromatic carbocycles. The molecule has 0 saturated carbocycles. The number of ether oxygens (including phenoxy) is 1. The summed E-state index contributed by atoms with van der Waals surface area (Å²) in [5, 5.41) is 23.6. The van der Waals surface area contributed by atoms with Crippen LogP contribution in [-0.4, -0.2) is 52.4 Å². The van der Waals surface area contributed by atoms with Crippen molar-refractivity contribution in [3.05, 3.63) is 88.7 Å². The van der Waals surface area contributed by atoms with Gasteiger partial charge in [-0.1, -0.05) is 42.5 Å². The van der Waals surface area contributed by atoms with Gasteiger partial charge in [0.05, 0.1) is 23.4 Å². The van der Waals surface area contributed by atoms with Crippen molar-refractivity contribution < 1.29 is 9.53 Å². The fraction of sp³-hybridized carbons (Fsp3) is 0.300. The molecular weight excluding hydrogens is 490 g/mol. The second-order valence-electron chi connectivity index (χ2n) is 9.73. The van der Waals surface area contributed by atoms with E-state index < -0.39 is 0 Å². The monoisotopic (exact) mass is 521 g/mol. The lowest BCUT2D eigenvalue weighted by atomic mass is 9.98. The summed E-state index contributed by atoms with van der Waals surface area (Å²) in [7, 11) is 0. The van der Waals surface area contributed by atoms with E-state index in [1.807, 2.05) is 74.6 Å². The number of pyridine rings is 1. The highest BCUT2D eigenvalue weighted by Crippen LogP contribution is 2.30. The topological polar surface area (TPSA) is 107 Å². The van der Waals surface area contributed by atoms with Crippen LogP contribution in [0, 0.1) is 25.2 Å². The number of nitrogens with one attached hydrogen (secondary N) is 1. The van der Waals surface area contributed by atoms with E-state index in [9.17, 15) is 10.1 Å². The predicted octanol–water partition coefficient (Wildman–Crippen LogP) is 5.15. The van der Waals surface area contributed by atoms with Crippen LogP contribution in [0.3, 0.4) is 0 Å². The number of amides is 1. The highest BCUT2D eigenvalue weighted by atomic mass is 16.6. The van der Waals surface area contributed by atoms with E-state index in [4.69, 9.17) is 9.72 Å². The third kappa shape index (κ3) is 5.60. The molecule has 0 bridgehead atoms. The highest BCUT2D eigenvalue weighted by molar-refractivity contribution is 5.94. The van der Waals surface area contributed by atoms with Crippen LogP contribution in [0.25, 0.3) is 10.8 Å². The molecule has 1 amide bonds. The lowest BCUT2D eigenvalue weighted by molar-refractivity contribution is 0.0941. The smallest absolute Gasteiger partial charge is 0.410 e. The molecule has 0 unspecified atom stereocenters. The Morgan fingerprint density at radius 3 is 2.56 bits per heavy atom. The third-order valence-electron chi connectivity index (χ3n) is 7.22. The first kappa shape index (κ1) is 25.9. The van der Waals surface area contributed by atoms with Gasteiger partial charge in [0, 0.05) is 43.1 Å². The SMILES string of the molecule is Cc1c(C#N)cccc1[C@@H](C)Nc1nnc(C)c2cnc(N3CCN(C(=O)OCc4ccccc4)CC3)cc12. The van der Waals surface area contributed by atoms with Crippen molar-refractivity contribution in [2.45, 2.75) is 33.4 Å². The number of hydrogen-bond acceptors (Lipinski definition) is 8. The summed E-state index contributed by atoms with van der Waals surface area (Å²) in [6.45, 7) is 8.60. The van der Waals surface area contributed by atoms with Gasteiger partial charge in [0.2, 0.25) is 0 Å². The van der Waals surface area contributed by atoms with E-state index >= 15 is 0 Å². The zero-order valence-electron chi connectivity index (χ0n) is 22.4. The molecule has 39 heavy (non-hydrogen) atoms. The van der Waals surface area contributed by atoms with Gasteiger partial charge in [-0.05, 0) is 49.6 Å². The molecule has 1 atom stereocenters. The summed E-state index contributed by atoms with van der Waals surface area (Å²) >= 11 is 0. The van der Waals surface area contributed by atoms with Crippen molar-refractivity contribution in [1.29, 1.82) is 5.26 Å². The third-order valence-corrected chi connectivity index (χ3v) is 7.22. The molecule has 9 heteroatoms. The lowest BCUT2D eigenvalue weighted by Crippen LogP contribution is -2.49. The molecule has 0 aliphatic carbocycles. The number of anilines is 2. The van der Waals surface area contributed by atoms with Crippen LogP contribution in [0.1, 0.15) is 40.9 Å². The Balaban J connectivity index is 1.30. The number of benzene rings is 2. The van der Waals surface area contributed by atoms with E-state index in [2.05, 4.69) is 33.4 Å². The number of aromatic nitrogens is 3. The minimum Gasteiger partial charge on any atom is -0.445 e. The van der Waals surface area contributed by atoms with Gasteiger partial charge in [0.25, 0.3) is 0 Å². The zero-order chi connectivity index (χ0) is 27.4. The Kier molecular flexibility index (Phi) is 7.55. The van der Waals surface area contributed by atoms with Crippen LogP contribution >= 0.6 is 0 Å². The van der Waals surface area contributed by atoms with E-state index in [1.165, 1.54) is 0 Å². The molecule has 198 valence electrons. The molecule has 9 nitrogen and oxygen atoms in total. The van der Waals surface area contributed by atoms with Crippen LogP contribution in [-0.2, 0) is 11.3 Å². The van der Waals surface area contributed by atoms with Gasteiger partial charge in [-0.25, -0.2) is 9.78 Å². The van der Waals surface area contributed by atoms with Gasteiger partial charge in [-0.3, -0.25) is 0 Å². The molecular formula is C30H31N7O2. The van der Waals surface area contributed by atoms with Crippen molar-refractivity contribution in [3.8, 4) is 6.07 Å². The van der Waals surface area contributed by atoms with E-state index in [1.54, 1.807) is 4.90 Å². The number of fused-ring (bicyclic) bond motifs is 1. The number of carbonyl (C=O) groups excluding carboxylic acids is 1. The second-order valence-corrected chi connectivity index (χ2v) is 9.73. The van der Waals surface area contributed by atoms with Crippen molar-refractivity contribution in [2.24, 2.45) is 0 Å². The molecule has 5 rings (SSSR count). The van der Waals surface area contributed by atoms with Crippen LogP contribution in [0.2, 0.25) is 0 Å². The average molecular weight is 522 g/mol. The minimum absolute atomic E-state index is 0.0828. The molecule has 1 aliphatic rings. The summed E-state index contributed by atoms with van der Waals surface area (Å²) in [4.78, 5) is 21.2. The maximum absolute atomic E-state index is 12.6. The standard InChI is InChI=1S/C30H31N7O2/c1-20-24(17-31)10-7-11-25(20)21(2)33-29-26-16-28(32-18-27(26)22(3)34-35-29)36-12-14-37(15-13-36)30(38)39-19-23-8-5-4-6-9-23/h4-11,16,18,21H,12-15,19H2,1-3H3,(H,33,35)/t21-/m1/s1. The van der Waals surface area contributed by atoms with Gasteiger partial charge in [0.1, 0.15) is 12.4 Å². The molecule has 1 aliphatic heterocycles. The van der Waals surface area contributed by atoms with Crippen LogP contribution in [0.15, 0.2) is 60.8 Å². The summed E-state index contributed by atoms with van der Waals surface area (Å²) in [6.07, 6.45) is 1.54. The number of rotatable bonds is 6. The Bertz CT molecular complexity index is 1530. The van der Waals surface area contributed by atoms with Gasteiger partial charge < -0.3 is 19.9 Å². The van der Waals surface area contributed by atoms with Gasteiger partial charge in [-0.2, -0.15) is 10.4 Å². The fourth-order valence-corrected chi connectivity index (χ4v) is 4.90. The number of carbonyl (C=O) groups is 1. The molecule has 1 saturated heterocycles. The second kappa shape index (κ2) is 11.4. The highest BCUT2D eigenvalue weighted by Gasteiger charge is 2.24. The largest absolute Gasteiger partial charge is 0.445 e. The summed E-state index contributed by atoms with van der Waals surface area (Å²) < 4.78 is 5.50. The predicted molar refractivity (Wildman–Crippen MR) is 150 cm³/mol. The molecule has 1 fully saturated rings. The van der Waals surface area contributed by atoms with Gasteiger partial charge >= 0.3 is 6.09 Å². The molecule has 1 N–H and O–H groups in total. The average Bonchev–Trinajstić information content (AvgIpc) is 2.98. The van der Waals surface area contributed by atoms with E-state index in [-0.39, 0.29) is 18.7 Å². The Hall–Kier alpha value is -4.71. The number of piperazine rings is 1. The molecule has 0 spiro atoms. The minimum atomic E-state index is -0.299. The van der Waals surface area contributed by atoms with Crippen LogP contribution in [0.5, 0.6) is 0 Å².